The zero-order chi connectivity index (χ0) is 10.7. The molecule has 4 heteroatoms. The molecule has 14 heavy (non-hydrogen) atoms. The predicted molar refractivity (Wildman–Crippen MR) is 56.7 cm³/mol. The van der Waals surface area contributed by atoms with Gasteiger partial charge in [-0.15, -0.1) is 0 Å². The van der Waals surface area contributed by atoms with Crippen molar-refractivity contribution in [3.05, 3.63) is 29.3 Å². The Hall–Kier alpha value is -1.55. The summed E-state index contributed by atoms with van der Waals surface area (Å²) in [5.74, 6) is -0.175. The molecule has 0 bridgehead atoms. The lowest BCUT2D eigenvalue weighted by atomic mass is 10.1. The van der Waals surface area contributed by atoms with Crippen LogP contribution in [0.2, 0.25) is 0 Å². The lowest BCUT2D eigenvalue weighted by Crippen LogP contribution is -2.36. The van der Waals surface area contributed by atoms with E-state index in [-0.39, 0.29) is 5.91 Å². The number of carbonyl (C=O) groups is 1. The Bertz CT molecular complexity index is 327. The number of nitrogens with one attached hydrogen (secondary N) is 1. The van der Waals surface area contributed by atoms with Gasteiger partial charge < -0.3 is 5.73 Å². The Morgan fingerprint density at radius 2 is 2.07 bits per heavy atom. The Morgan fingerprint density at radius 1 is 1.43 bits per heavy atom. The second-order valence-electron chi connectivity index (χ2n) is 3.37. The lowest BCUT2D eigenvalue weighted by molar-refractivity contribution is 0.0857. The molecule has 0 spiro atoms. The Kier molecular flexibility index (Phi) is 3.09. The fourth-order valence-corrected chi connectivity index (χ4v) is 1.26. The highest BCUT2D eigenvalue weighted by molar-refractivity contribution is 6.00. The molecule has 0 atom stereocenters. The summed E-state index contributed by atoms with van der Waals surface area (Å²) in [4.78, 5) is 11.7. The first kappa shape index (κ1) is 10.5. The summed E-state index contributed by atoms with van der Waals surface area (Å²) in [7, 11) is 3.51. The molecule has 1 rings (SSSR count). The molecule has 76 valence electrons. The molecule has 0 saturated heterocycles. The molecule has 0 unspecified atom stereocenters. The van der Waals surface area contributed by atoms with E-state index < -0.39 is 0 Å². The van der Waals surface area contributed by atoms with Gasteiger partial charge in [0, 0.05) is 19.8 Å². The average Bonchev–Trinajstić information content (AvgIpc) is 2.01. The number of carbonyl (C=O) groups excluding carboxylic acids is 1. The fraction of sp³-hybridized carbons (Fsp3) is 0.300. The number of nitrogens with zero attached hydrogens (tertiary/aromatic N) is 1. The van der Waals surface area contributed by atoms with Crippen molar-refractivity contribution < 1.29 is 4.79 Å². The standard InChI is InChI=1S/C10H15N3O/c1-7-5-4-6-8(11)9(7)10(14)12-13(2)3/h4-6H,11H2,1-3H3,(H,12,14). The van der Waals surface area contributed by atoms with Crippen molar-refractivity contribution >= 4 is 11.6 Å². The first-order valence-electron chi connectivity index (χ1n) is 4.35. The third kappa shape index (κ3) is 2.23. The zero-order valence-corrected chi connectivity index (χ0v) is 8.66. The van der Waals surface area contributed by atoms with E-state index in [9.17, 15) is 4.79 Å². The summed E-state index contributed by atoms with van der Waals surface area (Å²) in [6.07, 6.45) is 0. The first-order valence-corrected chi connectivity index (χ1v) is 4.35. The zero-order valence-electron chi connectivity index (χ0n) is 8.66. The predicted octanol–water partition coefficient (Wildman–Crippen LogP) is 0.784. The van der Waals surface area contributed by atoms with Gasteiger partial charge in [-0.1, -0.05) is 12.1 Å². The molecule has 3 N–H and O–H groups in total. The third-order valence-corrected chi connectivity index (χ3v) is 1.86. The lowest BCUT2D eigenvalue weighted by Gasteiger charge is -2.14. The van der Waals surface area contributed by atoms with Gasteiger partial charge in [0.05, 0.1) is 5.56 Å². The second-order valence-corrected chi connectivity index (χ2v) is 3.37. The molecule has 1 aromatic rings. The largest absolute Gasteiger partial charge is 0.398 e. The van der Waals surface area contributed by atoms with Gasteiger partial charge in [-0.3, -0.25) is 10.2 Å². The monoisotopic (exact) mass is 193 g/mol. The number of anilines is 1. The number of hydrogen-bond donors (Lipinski definition) is 2. The minimum Gasteiger partial charge on any atom is -0.398 e. The van der Waals surface area contributed by atoms with Crippen LogP contribution in [0.1, 0.15) is 15.9 Å². The molecule has 0 fully saturated rings. The van der Waals surface area contributed by atoms with Gasteiger partial charge in [-0.25, -0.2) is 5.01 Å². The molecular weight excluding hydrogens is 178 g/mol. The van der Waals surface area contributed by atoms with E-state index in [1.807, 2.05) is 19.1 Å². The number of amides is 1. The molecule has 0 radical (unpaired) electrons. The molecule has 1 amide bonds. The molecule has 0 aliphatic heterocycles. The highest BCUT2D eigenvalue weighted by atomic mass is 16.2. The van der Waals surface area contributed by atoms with Crippen LogP contribution < -0.4 is 11.2 Å². The molecule has 0 heterocycles. The summed E-state index contributed by atoms with van der Waals surface area (Å²) < 4.78 is 0. The topological polar surface area (TPSA) is 58.4 Å². The van der Waals surface area contributed by atoms with Crippen LogP contribution in [0, 0.1) is 6.92 Å². The van der Waals surface area contributed by atoms with Crippen LogP contribution in [0.3, 0.4) is 0 Å². The summed E-state index contributed by atoms with van der Waals surface area (Å²) in [6.45, 7) is 1.86. The highest BCUT2D eigenvalue weighted by Gasteiger charge is 2.12. The molecule has 0 aliphatic carbocycles. The number of hydrogen-bond acceptors (Lipinski definition) is 3. The smallest absolute Gasteiger partial charge is 0.267 e. The normalized spacial score (nSPS) is 10.3. The van der Waals surface area contributed by atoms with Gasteiger partial charge in [-0.2, -0.15) is 0 Å². The van der Waals surface area contributed by atoms with Crippen molar-refractivity contribution in [2.45, 2.75) is 6.92 Å². The minimum absolute atomic E-state index is 0.175. The van der Waals surface area contributed by atoms with Gasteiger partial charge in [0.2, 0.25) is 0 Å². The molecule has 1 aromatic carbocycles. The van der Waals surface area contributed by atoms with Crippen LogP contribution in [0.15, 0.2) is 18.2 Å². The Morgan fingerprint density at radius 3 is 2.57 bits per heavy atom. The molecule has 0 aliphatic rings. The van der Waals surface area contributed by atoms with E-state index in [0.29, 0.717) is 11.3 Å². The van der Waals surface area contributed by atoms with Crippen molar-refractivity contribution in [2.75, 3.05) is 19.8 Å². The van der Waals surface area contributed by atoms with E-state index in [0.717, 1.165) is 5.56 Å². The number of rotatable bonds is 2. The van der Waals surface area contributed by atoms with Crippen LogP contribution in [-0.2, 0) is 0 Å². The second kappa shape index (κ2) is 4.11. The molecule has 0 aromatic heterocycles. The number of benzene rings is 1. The van der Waals surface area contributed by atoms with Gasteiger partial charge in [0.1, 0.15) is 0 Å². The van der Waals surface area contributed by atoms with Gasteiger partial charge in [-0.05, 0) is 18.6 Å². The van der Waals surface area contributed by atoms with Crippen molar-refractivity contribution in [3.63, 3.8) is 0 Å². The number of aryl methyl sites for hydroxylation is 1. The fourth-order valence-electron chi connectivity index (χ4n) is 1.26. The van der Waals surface area contributed by atoms with Crippen LogP contribution >= 0.6 is 0 Å². The average molecular weight is 193 g/mol. The van der Waals surface area contributed by atoms with E-state index in [1.54, 1.807) is 25.2 Å². The molecule has 4 nitrogen and oxygen atoms in total. The van der Waals surface area contributed by atoms with Gasteiger partial charge in [0.25, 0.3) is 5.91 Å². The highest BCUT2D eigenvalue weighted by Crippen LogP contribution is 2.15. The van der Waals surface area contributed by atoms with Crippen LogP contribution in [-0.4, -0.2) is 25.0 Å². The summed E-state index contributed by atoms with van der Waals surface area (Å²) in [5.41, 5.74) is 10.3. The van der Waals surface area contributed by atoms with Crippen LogP contribution in [0.5, 0.6) is 0 Å². The van der Waals surface area contributed by atoms with E-state index in [1.165, 1.54) is 0 Å². The maximum absolute atomic E-state index is 11.7. The van der Waals surface area contributed by atoms with Crippen molar-refractivity contribution in [1.29, 1.82) is 0 Å². The van der Waals surface area contributed by atoms with Gasteiger partial charge >= 0.3 is 0 Å². The number of nitrogen functional groups attached to an aromatic ring is 1. The van der Waals surface area contributed by atoms with Crippen molar-refractivity contribution in [1.82, 2.24) is 10.4 Å². The van der Waals surface area contributed by atoms with Crippen molar-refractivity contribution in [3.8, 4) is 0 Å². The van der Waals surface area contributed by atoms with E-state index >= 15 is 0 Å². The Balaban J connectivity index is 3.00. The maximum Gasteiger partial charge on any atom is 0.267 e. The maximum atomic E-state index is 11.7. The van der Waals surface area contributed by atoms with E-state index in [4.69, 9.17) is 5.73 Å². The van der Waals surface area contributed by atoms with Crippen molar-refractivity contribution in [2.24, 2.45) is 0 Å². The molecule has 0 saturated carbocycles. The number of nitrogens with two attached hydrogens (primary N) is 1. The quantitative estimate of drug-likeness (QED) is 0.539. The van der Waals surface area contributed by atoms with E-state index in [2.05, 4.69) is 5.43 Å². The third-order valence-electron chi connectivity index (χ3n) is 1.86. The SMILES string of the molecule is Cc1cccc(N)c1C(=O)NN(C)C. The van der Waals surface area contributed by atoms with Gasteiger partial charge in [0.15, 0.2) is 0 Å². The molecular formula is C10H15N3O. The summed E-state index contributed by atoms with van der Waals surface area (Å²) in [6, 6.07) is 5.41. The van der Waals surface area contributed by atoms with Crippen LogP contribution in [0.4, 0.5) is 5.69 Å². The summed E-state index contributed by atoms with van der Waals surface area (Å²) >= 11 is 0. The Labute approximate surface area is 83.7 Å². The van der Waals surface area contributed by atoms with Crippen LogP contribution in [0.25, 0.3) is 0 Å². The first-order chi connectivity index (χ1) is 6.52. The number of hydrazine groups is 1. The summed E-state index contributed by atoms with van der Waals surface area (Å²) in [5, 5.41) is 1.59. The minimum atomic E-state index is -0.175.